The fourth-order valence-corrected chi connectivity index (χ4v) is 2.43. The molecule has 8 heteroatoms. The highest BCUT2D eigenvalue weighted by atomic mass is 32.1. The Morgan fingerprint density at radius 1 is 1.04 bits per heavy atom. The maximum atomic E-state index is 12.6. The van der Waals surface area contributed by atoms with Crippen LogP contribution in [0, 0.1) is 13.8 Å². The minimum atomic E-state index is -3.42. The van der Waals surface area contributed by atoms with Gasteiger partial charge in [-0.3, -0.25) is 0 Å². The minimum absolute atomic E-state index is 0.0103. The van der Waals surface area contributed by atoms with Gasteiger partial charge in [0, 0.05) is 5.56 Å². The van der Waals surface area contributed by atoms with Crippen molar-refractivity contribution in [3.8, 4) is 5.75 Å². The molecule has 2 rings (SSSR count). The van der Waals surface area contributed by atoms with Gasteiger partial charge in [-0.2, -0.15) is 8.78 Å². The standard InChI is InChI=1S/C19H18F2O5S/c1-11-7-12(2)16(22)15(8-11)9-25-17(23)13-3-5-14(6-4-13)18(24)26-10-19(20,21)27/h3-8,22,27H,9-10H2,1-2H3. The summed E-state index contributed by atoms with van der Waals surface area (Å²) in [5, 5.41) is 6.59. The molecule has 0 aliphatic rings. The van der Waals surface area contributed by atoms with Gasteiger partial charge in [-0.05, 0) is 49.7 Å². The molecule has 0 atom stereocenters. The van der Waals surface area contributed by atoms with Crippen LogP contribution < -0.4 is 0 Å². The van der Waals surface area contributed by atoms with Gasteiger partial charge in [-0.25, -0.2) is 9.59 Å². The van der Waals surface area contributed by atoms with Gasteiger partial charge in [-0.1, -0.05) is 11.6 Å². The number of carbonyl (C=O) groups is 2. The van der Waals surface area contributed by atoms with Crippen molar-refractivity contribution >= 4 is 24.6 Å². The Morgan fingerprint density at radius 3 is 2.07 bits per heavy atom. The number of carbonyl (C=O) groups excluding carboxylic acids is 2. The lowest BCUT2D eigenvalue weighted by molar-refractivity contribution is 0.00104. The fourth-order valence-electron chi connectivity index (χ4n) is 2.36. The van der Waals surface area contributed by atoms with Crippen LogP contribution in [0.2, 0.25) is 0 Å². The van der Waals surface area contributed by atoms with Gasteiger partial charge in [0.25, 0.3) is 0 Å². The van der Waals surface area contributed by atoms with Gasteiger partial charge in [0.05, 0.1) is 11.1 Å². The molecule has 1 N–H and O–H groups in total. The average molecular weight is 396 g/mol. The van der Waals surface area contributed by atoms with Crippen LogP contribution in [0.3, 0.4) is 0 Å². The first-order chi connectivity index (χ1) is 12.6. The first kappa shape index (κ1) is 20.7. The first-order valence-corrected chi connectivity index (χ1v) is 8.35. The van der Waals surface area contributed by atoms with Gasteiger partial charge in [0.15, 0.2) is 6.61 Å². The summed E-state index contributed by atoms with van der Waals surface area (Å²) in [4.78, 5) is 23.8. The fraction of sp³-hybridized carbons (Fsp3) is 0.263. The van der Waals surface area contributed by atoms with E-state index in [1.54, 1.807) is 13.0 Å². The smallest absolute Gasteiger partial charge is 0.338 e. The van der Waals surface area contributed by atoms with Crippen LogP contribution in [-0.2, 0) is 16.1 Å². The van der Waals surface area contributed by atoms with Crippen LogP contribution in [0.25, 0.3) is 0 Å². The summed E-state index contributed by atoms with van der Waals surface area (Å²) < 4.78 is 34.8. The highest BCUT2D eigenvalue weighted by molar-refractivity contribution is 7.81. The average Bonchev–Trinajstić information content (AvgIpc) is 2.60. The Kier molecular flexibility index (Phi) is 6.43. The molecular weight excluding hydrogens is 378 g/mol. The zero-order valence-corrected chi connectivity index (χ0v) is 15.6. The number of hydrogen-bond acceptors (Lipinski definition) is 6. The van der Waals surface area contributed by atoms with E-state index in [2.05, 4.69) is 17.4 Å². The molecule has 0 saturated heterocycles. The molecule has 2 aromatic carbocycles. The molecule has 0 radical (unpaired) electrons. The number of aromatic hydroxyl groups is 1. The van der Waals surface area contributed by atoms with Crippen molar-refractivity contribution in [1.29, 1.82) is 0 Å². The third-order valence-corrected chi connectivity index (χ3v) is 3.74. The molecule has 0 fully saturated rings. The highest BCUT2D eigenvalue weighted by Gasteiger charge is 2.25. The quantitative estimate of drug-likeness (QED) is 0.569. The van der Waals surface area contributed by atoms with Crippen LogP contribution in [0.1, 0.15) is 37.4 Å². The second kappa shape index (κ2) is 8.39. The molecule has 0 heterocycles. The number of benzene rings is 2. The summed E-state index contributed by atoms with van der Waals surface area (Å²) in [6.45, 7) is 2.33. The minimum Gasteiger partial charge on any atom is -0.507 e. The SMILES string of the molecule is Cc1cc(C)c(O)c(COC(=O)c2ccc(C(=O)OCC(F)(F)S)cc2)c1. The van der Waals surface area contributed by atoms with E-state index in [-0.39, 0.29) is 23.5 Å². The van der Waals surface area contributed by atoms with Gasteiger partial charge < -0.3 is 14.6 Å². The topological polar surface area (TPSA) is 72.8 Å². The number of phenolic OH excluding ortho intramolecular Hbond substituents is 1. The maximum Gasteiger partial charge on any atom is 0.338 e. The monoisotopic (exact) mass is 396 g/mol. The number of phenols is 1. The van der Waals surface area contributed by atoms with Crippen LogP contribution in [0.5, 0.6) is 5.75 Å². The lowest BCUT2D eigenvalue weighted by Gasteiger charge is -2.11. The highest BCUT2D eigenvalue weighted by Crippen LogP contribution is 2.25. The second-order valence-corrected chi connectivity index (χ2v) is 6.64. The molecule has 0 unspecified atom stereocenters. The summed E-state index contributed by atoms with van der Waals surface area (Å²) in [5.74, 6) is -1.55. The van der Waals surface area contributed by atoms with E-state index >= 15 is 0 Å². The number of hydrogen-bond donors (Lipinski definition) is 2. The second-order valence-electron chi connectivity index (χ2n) is 5.99. The Balaban J connectivity index is 1.99. The number of thiol groups is 1. The molecule has 5 nitrogen and oxygen atoms in total. The van der Waals surface area contributed by atoms with Gasteiger partial charge >= 0.3 is 17.2 Å². The largest absolute Gasteiger partial charge is 0.507 e. The van der Waals surface area contributed by atoms with Crippen molar-refractivity contribution in [2.24, 2.45) is 0 Å². The Labute approximate surface area is 160 Å². The van der Waals surface area contributed by atoms with Crippen molar-refractivity contribution < 1.29 is 33.0 Å². The summed E-state index contributed by atoms with van der Waals surface area (Å²) in [6.07, 6.45) is 0. The van der Waals surface area contributed by atoms with Gasteiger partial charge in [0.1, 0.15) is 12.4 Å². The van der Waals surface area contributed by atoms with Crippen molar-refractivity contribution in [1.82, 2.24) is 0 Å². The molecule has 144 valence electrons. The number of aryl methyl sites for hydroxylation is 2. The Hall–Kier alpha value is -2.61. The number of rotatable bonds is 6. The molecule has 0 amide bonds. The van der Waals surface area contributed by atoms with Crippen LogP contribution in [0.15, 0.2) is 36.4 Å². The summed E-state index contributed by atoms with van der Waals surface area (Å²) >= 11 is 2.97. The first-order valence-electron chi connectivity index (χ1n) is 7.90. The molecule has 2 aromatic rings. The van der Waals surface area contributed by atoms with Crippen molar-refractivity contribution in [3.63, 3.8) is 0 Å². The van der Waals surface area contributed by atoms with E-state index in [4.69, 9.17) is 4.74 Å². The predicted octanol–water partition coefficient (Wildman–Crippen LogP) is 4.05. The van der Waals surface area contributed by atoms with Crippen molar-refractivity contribution in [3.05, 3.63) is 64.2 Å². The zero-order valence-electron chi connectivity index (χ0n) is 14.7. The van der Waals surface area contributed by atoms with E-state index in [0.29, 0.717) is 11.1 Å². The van der Waals surface area contributed by atoms with E-state index in [0.717, 1.165) is 5.56 Å². The van der Waals surface area contributed by atoms with Gasteiger partial charge in [0.2, 0.25) is 0 Å². The molecule has 0 bridgehead atoms. The lowest BCUT2D eigenvalue weighted by Crippen LogP contribution is -2.19. The number of ether oxygens (including phenoxy) is 2. The molecular formula is C19H18F2O5S. The summed E-state index contributed by atoms with van der Waals surface area (Å²) in [7, 11) is 0. The molecule has 0 saturated carbocycles. The summed E-state index contributed by atoms with van der Waals surface area (Å²) in [6, 6.07) is 8.69. The van der Waals surface area contributed by atoms with Crippen molar-refractivity contribution in [2.75, 3.05) is 6.61 Å². The lowest BCUT2D eigenvalue weighted by atomic mass is 10.1. The third kappa shape index (κ3) is 5.96. The Morgan fingerprint density at radius 2 is 1.56 bits per heavy atom. The van der Waals surface area contributed by atoms with Crippen LogP contribution in [0.4, 0.5) is 8.78 Å². The predicted molar refractivity (Wildman–Crippen MR) is 97.4 cm³/mol. The zero-order chi connectivity index (χ0) is 20.2. The maximum absolute atomic E-state index is 12.6. The molecule has 0 aliphatic heterocycles. The number of esters is 2. The number of halogens is 2. The van der Waals surface area contributed by atoms with Crippen LogP contribution >= 0.6 is 12.6 Å². The van der Waals surface area contributed by atoms with E-state index in [1.807, 2.05) is 13.0 Å². The normalized spacial score (nSPS) is 11.1. The van der Waals surface area contributed by atoms with E-state index < -0.39 is 23.8 Å². The van der Waals surface area contributed by atoms with Crippen molar-refractivity contribution in [2.45, 2.75) is 25.7 Å². The number of alkyl halides is 2. The summed E-state index contributed by atoms with van der Waals surface area (Å²) in [5.41, 5.74) is 2.25. The molecule has 27 heavy (non-hydrogen) atoms. The van der Waals surface area contributed by atoms with E-state index in [1.165, 1.54) is 24.3 Å². The molecule has 0 aliphatic carbocycles. The molecule has 0 spiro atoms. The third-order valence-electron chi connectivity index (χ3n) is 3.62. The van der Waals surface area contributed by atoms with E-state index in [9.17, 15) is 23.5 Å². The van der Waals surface area contributed by atoms with Crippen LogP contribution in [-0.4, -0.2) is 28.9 Å². The Bertz CT molecular complexity index is 844. The molecule has 0 aromatic heterocycles. The van der Waals surface area contributed by atoms with Gasteiger partial charge in [-0.15, -0.1) is 12.6 Å².